The summed E-state index contributed by atoms with van der Waals surface area (Å²) < 4.78 is 13.0. The van der Waals surface area contributed by atoms with E-state index in [0.717, 1.165) is 15.5 Å². The largest absolute Gasteiger partial charge is 0.314 e. The SMILES string of the molecule is C=CC[C@@H]([C@H](c1ccccc1)N(C)O)S(=O)c1ccccc1. The first kappa shape index (κ1) is 16.6. The minimum Gasteiger partial charge on any atom is -0.314 e. The van der Waals surface area contributed by atoms with E-state index in [9.17, 15) is 9.42 Å². The normalized spacial score (nSPS) is 15.2. The van der Waals surface area contributed by atoms with E-state index in [2.05, 4.69) is 6.58 Å². The van der Waals surface area contributed by atoms with Gasteiger partial charge in [-0.3, -0.25) is 4.21 Å². The summed E-state index contributed by atoms with van der Waals surface area (Å²) in [5, 5.41) is 11.0. The first-order valence-electron chi connectivity index (χ1n) is 7.18. The highest BCUT2D eigenvalue weighted by molar-refractivity contribution is 7.85. The first-order chi connectivity index (χ1) is 10.6. The summed E-state index contributed by atoms with van der Waals surface area (Å²) in [6.45, 7) is 3.78. The molecule has 4 heteroatoms. The molecule has 0 saturated carbocycles. The van der Waals surface area contributed by atoms with Crippen LogP contribution in [0.3, 0.4) is 0 Å². The van der Waals surface area contributed by atoms with Crippen molar-refractivity contribution in [1.82, 2.24) is 5.06 Å². The van der Waals surface area contributed by atoms with E-state index in [1.54, 1.807) is 13.1 Å². The Morgan fingerprint density at radius 3 is 2.18 bits per heavy atom. The van der Waals surface area contributed by atoms with Gasteiger partial charge in [0.15, 0.2) is 0 Å². The fourth-order valence-corrected chi connectivity index (χ4v) is 4.20. The smallest absolute Gasteiger partial charge is 0.0746 e. The van der Waals surface area contributed by atoms with Crippen LogP contribution in [0.1, 0.15) is 18.0 Å². The molecule has 0 aliphatic carbocycles. The van der Waals surface area contributed by atoms with E-state index >= 15 is 0 Å². The Hall–Kier alpha value is -1.75. The van der Waals surface area contributed by atoms with Crippen LogP contribution in [0.4, 0.5) is 0 Å². The highest BCUT2D eigenvalue weighted by Crippen LogP contribution is 2.30. The van der Waals surface area contributed by atoms with Crippen LogP contribution in [0.5, 0.6) is 0 Å². The van der Waals surface area contributed by atoms with Gasteiger partial charge in [0.2, 0.25) is 0 Å². The van der Waals surface area contributed by atoms with Gasteiger partial charge in [0.25, 0.3) is 0 Å². The summed E-state index contributed by atoms with van der Waals surface area (Å²) in [6.07, 6.45) is 2.30. The fourth-order valence-electron chi connectivity index (χ4n) is 2.55. The Morgan fingerprint density at radius 2 is 1.68 bits per heavy atom. The van der Waals surface area contributed by atoms with Crippen molar-refractivity contribution in [2.45, 2.75) is 22.6 Å². The second-order valence-electron chi connectivity index (χ2n) is 5.10. The average molecular weight is 315 g/mol. The maximum absolute atomic E-state index is 13.0. The molecule has 0 amide bonds. The van der Waals surface area contributed by atoms with Gasteiger partial charge in [-0.2, -0.15) is 5.06 Å². The van der Waals surface area contributed by atoms with Crippen LogP contribution < -0.4 is 0 Å². The van der Waals surface area contributed by atoms with E-state index < -0.39 is 10.8 Å². The molecule has 0 aliphatic heterocycles. The quantitative estimate of drug-likeness (QED) is 0.624. The topological polar surface area (TPSA) is 40.5 Å². The van der Waals surface area contributed by atoms with Crippen LogP contribution in [0.2, 0.25) is 0 Å². The van der Waals surface area contributed by atoms with Crippen LogP contribution in [0, 0.1) is 0 Å². The van der Waals surface area contributed by atoms with Gasteiger partial charge >= 0.3 is 0 Å². The van der Waals surface area contributed by atoms with Gasteiger partial charge in [-0.25, -0.2) is 0 Å². The zero-order chi connectivity index (χ0) is 15.9. The molecule has 1 N–H and O–H groups in total. The molecule has 0 aliphatic rings. The summed E-state index contributed by atoms with van der Waals surface area (Å²) in [5.41, 5.74) is 0.934. The number of allylic oxidation sites excluding steroid dienone is 1. The molecule has 0 heterocycles. The molecule has 3 nitrogen and oxygen atoms in total. The minimum atomic E-state index is -1.25. The maximum Gasteiger partial charge on any atom is 0.0746 e. The Labute approximate surface area is 134 Å². The van der Waals surface area contributed by atoms with Gasteiger partial charge in [-0.1, -0.05) is 54.6 Å². The van der Waals surface area contributed by atoms with Gasteiger partial charge in [0.05, 0.1) is 22.1 Å². The number of hydroxylamine groups is 2. The van der Waals surface area contributed by atoms with E-state index in [4.69, 9.17) is 0 Å². The molecule has 22 heavy (non-hydrogen) atoms. The summed E-state index contributed by atoms with van der Waals surface area (Å²) in [6, 6.07) is 18.6. The molecular weight excluding hydrogens is 294 g/mol. The maximum atomic E-state index is 13.0. The van der Waals surface area contributed by atoms with E-state index in [1.807, 2.05) is 60.7 Å². The van der Waals surface area contributed by atoms with Crippen LogP contribution in [0.15, 0.2) is 78.2 Å². The summed E-state index contributed by atoms with van der Waals surface area (Å²) in [5.74, 6) is 0. The van der Waals surface area contributed by atoms with Crippen molar-refractivity contribution in [2.24, 2.45) is 0 Å². The highest BCUT2D eigenvalue weighted by atomic mass is 32.2. The average Bonchev–Trinajstić information content (AvgIpc) is 2.55. The van der Waals surface area contributed by atoms with E-state index in [0.29, 0.717) is 6.42 Å². The van der Waals surface area contributed by atoms with Crippen molar-refractivity contribution in [3.05, 3.63) is 78.9 Å². The zero-order valence-electron chi connectivity index (χ0n) is 12.6. The molecule has 2 aromatic rings. The third-order valence-electron chi connectivity index (χ3n) is 3.55. The van der Waals surface area contributed by atoms with Gasteiger partial charge in [-0.05, 0) is 24.1 Å². The van der Waals surface area contributed by atoms with Crippen LogP contribution in [-0.4, -0.2) is 26.8 Å². The van der Waals surface area contributed by atoms with Crippen molar-refractivity contribution < 1.29 is 9.42 Å². The van der Waals surface area contributed by atoms with Crippen LogP contribution in [-0.2, 0) is 10.8 Å². The molecule has 2 rings (SSSR count). The van der Waals surface area contributed by atoms with Crippen molar-refractivity contribution in [3.8, 4) is 0 Å². The predicted octanol–water partition coefficient (Wildman–Crippen LogP) is 3.80. The highest BCUT2D eigenvalue weighted by Gasteiger charge is 2.31. The Kier molecular flexibility index (Phi) is 6.07. The molecule has 0 radical (unpaired) electrons. The second-order valence-corrected chi connectivity index (χ2v) is 6.77. The summed E-state index contributed by atoms with van der Waals surface area (Å²) in [4.78, 5) is 0.761. The lowest BCUT2D eigenvalue weighted by molar-refractivity contribution is -0.104. The molecular formula is C18H21NO2S. The first-order valence-corrected chi connectivity index (χ1v) is 8.39. The lowest BCUT2D eigenvalue weighted by Crippen LogP contribution is -2.34. The van der Waals surface area contributed by atoms with Crippen LogP contribution >= 0.6 is 0 Å². The van der Waals surface area contributed by atoms with Crippen molar-refractivity contribution in [1.29, 1.82) is 0 Å². The van der Waals surface area contributed by atoms with Crippen molar-refractivity contribution in [3.63, 3.8) is 0 Å². The summed E-state index contributed by atoms with van der Waals surface area (Å²) >= 11 is 0. The third kappa shape index (κ3) is 3.91. The monoisotopic (exact) mass is 315 g/mol. The Morgan fingerprint density at radius 1 is 1.14 bits per heavy atom. The van der Waals surface area contributed by atoms with Crippen molar-refractivity contribution >= 4 is 10.8 Å². The minimum absolute atomic E-state index is 0.280. The van der Waals surface area contributed by atoms with Crippen LogP contribution in [0.25, 0.3) is 0 Å². The lowest BCUT2D eigenvalue weighted by Gasteiger charge is -2.30. The number of nitrogens with zero attached hydrogens (tertiary/aromatic N) is 1. The molecule has 0 bridgehead atoms. The molecule has 2 aromatic carbocycles. The van der Waals surface area contributed by atoms with Gasteiger partial charge in [0, 0.05) is 11.9 Å². The predicted molar refractivity (Wildman–Crippen MR) is 90.2 cm³/mol. The summed E-state index contributed by atoms with van der Waals surface area (Å²) in [7, 11) is 0.348. The van der Waals surface area contributed by atoms with Gasteiger partial charge in [-0.15, -0.1) is 6.58 Å². The second kappa shape index (κ2) is 8.03. The molecule has 0 aromatic heterocycles. The molecule has 3 atom stereocenters. The Balaban J connectivity index is 2.39. The number of benzene rings is 2. The zero-order valence-corrected chi connectivity index (χ0v) is 13.4. The third-order valence-corrected chi connectivity index (χ3v) is 5.28. The molecule has 1 unspecified atom stereocenters. The Bertz CT molecular complexity index is 613. The van der Waals surface area contributed by atoms with Gasteiger partial charge in [0.1, 0.15) is 0 Å². The van der Waals surface area contributed by atoms with Gasteiger partial charge < -0.3 is 5.21 Å². The molecule has 116 valence electrons. The van der Waals surface area contributed by atoms with E-state index in [1.165, 1.54) is 0 Å². The molecule has 0 saturated heterocycles. The fraction of sp³-hybridized carbons (Fsp3) is 0.222. The number of hydrogen-bond donors (Lipinski definition) is 1. The molecule has 0 fully saturated rings. The lowest BCUT2D eigenvalue weighted by atomic mass is 10.0. The standard InChI is InChI=1S/C18H21NO2S/c1-3-10-17(22(21)16-13-8-5-9-14-16)18(19(2)20)15-11-6-4-7-12-15/h3-9,11-14,17-18,20H,1,10H2,2H3/t17-,18-,22?/m0/s1. The number of rotatable bonds is 7. The number of hydrogen-bond acceptors (Lipinski definition) is 3. The molecule has 0 spiro atoms. The van der Waals surface area contributed by atoms with E-state index in [-0.39, 0.29) is 11.3 Å². The van der Waals surface area contributed by atoms with Crippen molar-refractivity contribution in [2.75, 3.05) is 7.05 Å².